The first-order valence-corrected chi connectivity index (χ1v) is 9.10. The Kier molecular flexibility index (Phi) is 9.04. The van der Waals surface area contributed by atoms with Gasteiger partial charge in [-0.15, -0.1) is 0 Å². The number of benzene rings is 1. The van der Waals surface area contributed by atoms with Crippen LogP contribution in [0.4, 0.5) is 0 Å². The summed E-state index contributed by atoms with van der Waals surface area (Å²) in [6, 6.07) is 10.3. The molecule has 0 saturated carbocycles. The van der Waals surface area contributed by atoms with Gasteiger partial charge in [0.1, 0.15) is 23.4 Å². The summed E-state index contributed by atoms with van der Waals surface area (Å²) in [5, 5.41) is 8.75. The zero-order valence-electron chi connectivity index (χ0n) is 17.3. The average molecular weight is 419 g/mol. The van der Waals surface area contributed by atoms with Crippen LogP contribution in [0.25, 0.3) is 5.57 Å². The Morgan fingerprint density at radius 2 is 1.94 bits per heavy atom. The summed E-state index contributed by atoms with van der Waals surface area (Å²) in [7, 11) is 2.71. The third-order valence-corrected chi connectivity index (χ3v) is 3.65. The van der Waals surface area contributed by atoms with Crippen molar-refractivity contribution in [3.63, 3.8) is 0 Å². The van der Waals surface area contributed by atoms with Crippen LogP contribution < -0.4 is 9.47 Å². The molecule has 0 spiro atoms. The second-order valence-corrected chi connectivity index (χ2v) is 5.71. The Morgan fingerprint density at radius 1 is 1.16 bits per heavy atom. The highest BCUT2D eigenvalue weighted by molar-refractivity contribution is 6.17. The summed E-state index contributed by atoms with van der Waals surface area (Å²) < 4.78 is 21.4. The molecule has 0 saturated heterocycles. The van der Waals surface area contributed by atoms with Gasteiger partial charge in [0.2, 0.25) is 11.8 Å². The number of carbonyl (C=O) groups is 1. The Hall–Kier alpha value is -4.38. The van der Waals surface area contributed by atoms with E-state index in [9.17, 15) is 4.79 Å². The molecule has 0 aliphatic carbocycles. The minimum absolute atomic E-state index is 0.185. The molecule has 1 aromatic heterocycles. The fourth-order valence-electron chi connectivity index (χ4n) is 2.33. The summed E-state index contributed by atoms with van der Waals surface area (Å²) >= 11 is 0. The summed E-state index contributed by atoms with van der Waals surface area (Å²) in [6.07, 6.45) is 10.6. The first-order valence-electron chi connectivity index (χ1n) is 9.10. The summed E-state index contributed by atoms with van der Waals surface area (Å²) in [5.74, 6) is 0.582. The van der Waals surface area contributed by atoms with Gasteiger partial charge in [0.05, 0.1) is 32.6 Å². The molecule has 1 aromatic carbocycles. The zero-order chi connectivity index (χ0) is 22.5. The van der Waals surface area contributed by atoms with E-state index in [0.29, 0.717) is 17.1 Å². The third kappa shape index (κ3) is 6.87. The lowest BCUT2D eigenvalue weighted by Crippen LogP contribution is -2.06. The van der Waals surface area contributed by atoms with E-state index in [1.165, 1.54) is 45.0 Å². The summed E-state index contributed by atoms with van der Waals surface area (Å²) in [4.78, 5) is 20.3. The maximum Gasteiger partial charge on any atom is 0.341 e. The average Bonchev–Trinajstić information content (AvgIpc) is 2.79. The van der Waals surface area contributed by atoms with Gasteiger partial charge in [0.15, 0.2) is 0 Å². The first-order chi connectivity index (χ1) is 15.1. The Labute approximate surface area is 180 Å². The highest BCUT2D eigenvalue weighted by atomic mass is 16.5. The van der Waals surface area contributed by atoms with E-state index < -0.39 is 5.97 Å². The van der Waals surface area contributed by atoms with Crippen molar-refractivity contribution < 1.29 is 23.7 Å². The number of methoxy groups -OCH3 is 2. The predicted octanol–water partition coefficient (Wildman–Crippen LogP) is 4.35. The molecule has 0 amide bonds. The molecular formula is C23H21N3O5. The quantitative estimate of drug-likeness (QED) is 0.194. The lowest BCUT2D eigenvalue weighted by molar-refractivity contribution is -0.133. The first kappa shape index (κ1) is 22.9. The molecule has 0 atom stereocenters. The number of ether oxygens (including phenoxy) is 4. The van der Waals surface area contributed by atoms with Gasteiger partial charge in [-0.05, 0) is 25.1 Å². The van der Waals surface area contributed by atoms with Crippen molar-refractivity contribution in [1.29, 1.82) is 5.26 Å². The molecule has 0 bridgehead atoms. The molecule has 0 radical (unpaired) electrons. The van der Waals surface area contributed by atoms with E-state index >= 15 is 0 Å². The van der Waals surface area contributed by atoms with E-state index in [1.807, 2.05) is 19.1 Å². The monoisotopic (exact) mass is 419 g/mol. The Bertz CT molecular complexity index is 1060. The van der Waals surface area contributed by atoms with Crippen molar-refractivity contribution in [1.82, 2.24) is 9.97 Å². The molecule has 1 heterocycles. The van der Waals surface area contributed by atoms with E-state index in [4.69, 9.17) is 24.2 Å². The zero-order valence-corrected chi connectivity index (χ0v) is 17.3. The molecule has 0 unspecified atom stereocenters. The highest BCUT2D eigenvalue weighted by Gasteiger charge is 2.18. The lowest BCUT2D eigenvalue weighted by atomic mass is 10.1. The van der Waals surface area contributed by atoms with Gasteiger partial charge in [0, 0.05) is 11.6 Å². The smallest absolute Gasteiger partial charge is 0.341 e. The molecule has 2 aromatic rings. The molecule has 0 aliphatic heterocycles. The van der Waals surface area contributed by atoms with Crippen LogP contribution in [0.2, 0.25) is 0 Å². The lowest BCUT2D eigenvalue weighted by Gasteiger charge is -2.12. The number of nitrogens with zero attached hydrogens (tertiary/aromatic N) is 3. The number of rotatable bonds is 9. The van der Waals surface area contributed by atoms with Gasteiger partial charge in [-0.3, -0.25) is 0 Å². The van der Waals surface area contributed by atoms with Crippen molar-refractivity contribution >= 4 is 11.5 Å². The molecule has 0 fully saturated rings. The van der Waals surface area contributed by atoms with Gasteiger partial charge in [-0.2, -0.15) is 5.26 Å². The van der Waals surface area contributed by atoms with Gasteiger partial charge in [-0.25, -0.2) is 14.8 Å². The number of para-hydroxylation sites is 1. The molecule has 0 N–H and O–H groups in total. The number of carbonyl (C=O) groups excluding carboxylic acids is 1. The molecule has 158 valence electrons. The van der Waals surface area contributed by atoms with E-state index in [0.717, 1.165) is 0 Å². The summed E-state index contributed by atoms with van der Waals surface area (Å²) in [5.41, 5.74) is 0.646. The van der Waals surface area contributed by atoms with Crippen LogP contribution in [-0.4, -0.2) is 30.2 Å². The van der Waals surface area contributed by atoms with E-state index in [2.05, 4.69) is 9.97 Å². The standard InChI is InChI=1S/C23H21N3O5/c1-4-5-9-17(10-8-13-24)30-21-14-22(26-16-25-21)31-20-12-7-6-11-18(20)19(15-28-2)23(27)29-3/h4-12,14-16H,1-3H3. The van der Waals surface area contributed by atoms with Crippen LogP contribution in [0.15, 0.2) is 79.1 Å². The summed E-state index contributed by atoms with van der Waals surface area (Å²) in [6.45, 7) is 1.86. The van der Waals surface area contributed by atoms with Crippen LogP contribution in [0.1, 0.15) is 12.5 Å². The normalized spacial score (nSPS) is 11.9. The van der Waals surface area contributed by atoms with Crippen molar-refractivity contribution in [3.05, 3.63) is 84.6 Å². The highest BCUT2D eigenvalue weighted by Crippen LogP contribution is 2.31. The maximum atomic E-state index is 12.1. The van der Waals surface area contributed by atoms with Gasteiger partial charge in [-0.1, -0.05) is 30.4 Å². The largest absolute Gasteiger partial charge is 0.503 e. The van der Waals surface area contributed by atoms with Crippen LogP contribution in [0, 0.1) is 11.3 Å². The minimum atomic E-state index is -0.576. The number of hydrogen-bond donors (Lipinski definition) is 0. The van der Waals surface area contributed by atoms with Crippen LogP contribution in [0.3, 0.4) is 0 Å². The van der Waals surface area contributed by atoms with Crippen molar-refractivity contribution in [3.8, 4) is 23.6 Å². The Balaban J connectivity index is 2.34. The molecule has 8 heteroatoms. The minimum Gasteiger partial charge on any atom is -0.503 e. The second-order valence-electron chi connectivity index (χ2n) is 5.71. The molecule has 2 rings (SSSR count). The number of allylic oxidation sites excluding steroid dienone is 5. The van der Waals surface area contributed by atoms with Gasteiger partial charge in [0.25, 0.3) is 0 Å². The third-order valence-electron chi connectivity index (χ3n) is 3.65. The van der Waals surface area contributed by atoms with E-state index in [-0.39, 0.29) is 17.3 Å². The van der Waals surface area contributed by atoms with Crippen molar-refractivity contribution in [2.45, 2.75) is 6.92 Å². The molecular weight excluding hydrogens is 398 g/mol. The van der Waals surface area contributed by atoms with Crippen molar-refractivity contribution in [2.24, 2.45) is 0 Å². The van der Waals surface area contributed by atoms with Crippen LogP contribution in [0.5, 0.6) is 17.5 Å². The van der Waals surface area contributed by atoms with Crippen LogP contribution in [-0.2, 0) is 14.3 Å². The number of hydrogen-bond acceptors (Lipinski definition) is 8. The number of aromatic nitrogens is 2. The fourth-order valence-corrected chi connectivity index (χ4v) is 2.33. The van der Waals surface area contributed by atoms with Gasteiger partial charge < -0.3 is 18.9 Å². The van der Waals surface area contributed by atoms with Crippen molar-refractivity contribution in [2.75, 3.05) is 14.2 Å². The topological polar surface area (TPSA) is 104 Å². The SMILES string of the molecule is CC=CC=C(C=CC#N)Oc1cc(Oc2ccccc2C(=COC)C(=O)OC)ncn1. The van der Waals surface area contributed by atoms with E-state index in [1.54, 1.807) is 36.4 Å². The molecule has 31 heavy (non-hydrogen) atoms. The fraction of sp³-hybridized carbons (Fsp3) is 0.130. The molecule has 8 nitrogen and oxygen atoms in total. The van der Waals surface area contributed by atoms with Crippen LogP contribution >= 0.6 is 0 Å². The second kappa shape index (κ2) is 12.2. The Morgan fingerprint density at radius 3 is 2.65 bits per heavy atom. The maximum absolute atomic E-state index is 12.1. The molecule has 0 aliphatic rings. The predicted molar refractivity (Wildman–Crippen MR) is 114 cm³/mol. The van der Waals surface area contributed by atoms with Gasteiger partial charge >= 0.3 is 5.97 Å². The number of esters is 1. The number of nitriles is 1.